The quantitative estimate of drug-likeness (QED) is 0.443. The monoisotopic (exact) mass is 339 g/mol. The van der Waals surface area contributed by atoms with Crippen molar-refractivity contribution in [2.75, 3.05) is 52.5 Å². The second kappa shape index (κ2) is 10.4. The molecule has 0 amide bonds. The molecule has 7 heteroatoms. The fraction of sp³-hybridized carbons (Fsp3) is 0.625. The van der Waals surface area contributed by atoms with Gasteiger partial charge in [0, 0.05) is 38.9 Å². The molecule has 6 nitrogen and oxygen atoms in total. The third kappa shape index (κ3) is 7.16. The van der Waals surface area contributed by atoms with Gasteiger partial charge in [-0.25, -0.2) is 4.98 Å². The lowest BCUT2D eigenvalue weighted by Crippen LogP contribution is -2.40. The zero-order valence-electron chi connectivity index (χ0n) is 13.7. The first-order chi connectivity index (χ1) is 11.3. The zero-order chi connectivity index (χ0) is 16.3. The Kier molecular flexibility index (Phi) is 8.14. The summed E-state index contributed by atoms with van der Waals surface area (Å²) >= 11 is 5.79. The maximum Gasteiger partial charge on any atom is 0.191 e. The highest BCUT2D eigenvalue weighted by molar-refractivity contribution is 6.29. The van der Waals surface area contributed by atoms with Gasteiger partial charge in [-0.05, 0) is 25.0 Å². The predicted molar refractivity (Wildman–Crippen MR) is 94.2 cm³/mol. The van der Waals surface area contributed by atoms with E-state index in [2.05, 4.69) is 32.4 Å². The summed E-state index contributed by atoms with van der Waals surface area (Å²) in [7, 11) is 0. The van der Waals surface area contributed by atoms with Crippen LogP contribution in [-0.2, 0) is 11.2 Å². The molecule has 2 rings (SSSR count). The van der Waals surface area contributed by atoms with Gasteiger partial charge in [0.15, 0.2) is 5.96 Å². The molecule has 1 aromatic heterocycles. The van der Waals surface area contributed by atoms with Crippen LogP contribution in [0, 0.1) is 0 Å². The molecular formula is C16H26ClN5O. The Morgan fingerprint density at radius 2 is 2.17 bits per heavy atom. The standard InChI is InChI=1S/C16H26ClN5O/c1-2-18-16(20-7-8-22-9-11-23-12-10-22)19-6-5-14-3-4-15(17)21-13-14/h3-4,13H,2,5-12H2,1H3,(H2,18,19,20). The Morgan fingerprint density at radius 3 is 2.87 bits per heavy atom. The molecule has 1 saturated heterocycles. The molecule has 23 heavy (non-hydrogen) atoms. The molecule has 1 aliphatic rings. The molecule has 1 aliphatic heterocycles. The van der Waals surface area contributed by atoms with Gasteiger partial charge < -0.3 is 15.4 Å². The molecule has 1 aromatic rings. The normalized spacial score (nSPS) is 16.3. The number of aromatic nitrogens is 1. The Bertz CT molecular complexity index is 474. The lowest BCUT2D eigenvalue weighted by atomic mass is 10.2. The Balaban J connectivity index is 1.71. The van der Waals surface area contributed by atoms with E-state index in [9.17, 15) is 0 Å². The van der Waals surface area contributed by atoms with E-state index in [0.29, 0.717) is 5.15 Å². The number of ether oxygens (including phenoxy) is 1. The summed E-state index contributed by atoms with van der Waals surface area (Å²) in [5.74, 6) is 0.864. The minimum atomic E-state index is 0.528. The molecule has 2 N–H and O–H groups in total. The van der Waals surface area contributed by atoms with E-state index in [1.54, 1.807) is 0 Å². The predicted octanol–water partition coefficient (Wildman–Crippen LogP) is 1.16. The molecule has 0 unspecified atom stereocenters. The first-order valence-corrected chi connectivity index (χ1v) is 8.58. The number of aliphatic imine (C=N–C) groups is 1. The number of nitrogens with zero attached hydrogens (tertiary/aromatic N) is 3. The first kappa shape index (κ1) is 18.0. The largest absolute Gasteiger partial charge is 0.379 e. The number of pyridine rings is 1. The maximum atomic E-state index is 5.79. The number of hydrogen-bond donors (Lipinski definition) is 2. The molecule has 0 aliphatic carbocycles. The van der Waals surface area contributed by atoms with Crippen LogP contribution in [0.4, 0.5) is 0 Å². The summed E-state index contributed by atoms with van der Waals surface area (Å²) in [6.45, 7) is 9.17. The van der Waals surface area contributed by atoms with Crippen LogP contribution in [-0.4, -0.2) is 68.3 Å². The Morgan fingerprint density at radius 1 is 1.35 bits per heavy atom. The van der Waals surface area contributed by atoms with E-state index >= 15 is 0 Å². The van der Waals surface area contributed by atoms with E-state index in [0.717, 1.165) is 70.4 Å². The van der Waals surface area contributed by atoms with Gasteiger partial charge in [0.2, 0.25) is 0 Å². The summed E-state index contributed by atoms with van der Waals surface area (Å²) in [5, 5.41) is 7.16. The molecule has 128 valence electrons. The molecule has 0 saturated carbocycles. The molecule has 2 heterocycles. The van der Waals surface area contributed by atoms with Crippen molar-refractivity contribution in [3.8, 4) is 0 Å². The summed E-state index contributed by atoms with van der Waals surface area (Å²) < 4.78 is 5.35. The van der Waals surface area contributed by atoms with Gasteiger partial charge in [0.25, 0.3) is 0 Å². The van der Waals surface area contributed by atoms with E-state index in [1.165, 1.54) is 0 Å². The van der Waals surface area contributed by atoms with Crippen LogP contribution in [0.5, 0.6) is 0 Å². The van der Waals surface area contributed by atoms with Gasteiger partial charge in [-0.2, -0.15) is 0 Å². The topological polar surface area (TPSA) is 61.8 Å². The molecule has 0 atom stereocenters. The lowest BCUT2D eigenvalue weighted by molar-refractivity contribution is 0.0394. The molecular weight excluding hydrogens is 314 g/mol. The first-order valence-electron chi connectivity index (χ1n) is 8.20. The second-order valence-electron chi connectivity index (χ2n) is 5.38. The molecule has 0 aromatic carbocycles. The minimum Gasteiger partial charge on any atom is -0.379 e. The van der Waals surface area contributed by atoms with Crippen LogP contribution in [0.25, 0.3) is 0 Å². The lowest BCUT2D eigenvalue weighted by Gasteiger charge is -2.25. The third-order valence-corrected chi connectivity index (χ3v) is 3.85. The van der Waals surface area contributed by atoms with Crippen LogP contribution in [0.1, 0.15) is 12.5 Å². The Hall–Kier alpha value is -1.37. The van der Waals surface area contributed by atoms with Gasteiger partial charge >= 0.3 is 0 Å². The van der Waals surface area contributed by atoms with Gasteiger partial charge in [0.05, 0.1) is 19.8 Å². The number of guanidine groups is 1. The molecule has 0 spiro atoms. The molecule has 0 radical (unpaired) electrons. The van der Waals surface area contributed by atoms with Crippen LogP contribution >= 0.6 is 11.6 Å². The maximum absolute atomic E-state index is 5.79. The third-order valence-electron chi connectivity index (χ3n) is 3.63. The number of halogens is 1. The SMILES string of the molecule is CCNC(=NCCN1CCOCC1)NCCc1ccc(Cl)nc1. The van der Waals surface area contributed by atoms with Crippen LogP contribution in [0.15, 0.2) is 23.3 Å². The number of rotatable bonds is 7. The number of hydrogen-bond acceptors (Lipinski definition) is 4. The summed E-state index contributed by atoms with van der Waals surface area (Å²) in [6, 6.07) is 3.82. The molecule has 1 fully saturated rings. The smallest absolute Gasteiger partial charge is 0.191 e. The highest BCUT2D eigenvalue weighted by Crippen LogP contribution is 2.05. The summed E-state index contributed by atoms with van der Waals surface area (Å²) in [6.07, 6.45) is 2.70. The fourth-order valence-electron chi connectivity index (χ4n) is 2.35. The van der Waals surface area contributed by atoms with Crippen molar-refractivity contribution in [3.05, 3.63) is 29.0 Å². The highest BCUT2D eigenvalue weighted by atomic mass is 35.5. The van der Waals surface area contributed by atoms with Crippen molar-refractivity contribution >= 4 is 17.6 Å². The van der Waals surface area contributed by atoms with E-state index in [1.807, 2.05) is 18.3 Å². The highest BCUT2D eigenvalue weighted by Gasteiger charge is 2.09. The van der Waals surface area contributed by atoms with Crippen molar-refractivity contribution in [2.24, 2.45) is 4.99 Å². The van der Waals surface area contributed by atoms with E-state index in [-0.39, 0.29) is 0 Å². The van der Waals surface area contributed by atoms with E-state index in [4.69, 9.17) is 16.3 Å². The summed E-state index contributed by atoms with van der Waals surface area (Å²) in [4.78, 5) is 11.1. The van der Waals surface area contributed by atoms with Crippen molar-refractivity contribution in [2.45, 2.75) is 13.3 Å². The Labute approximate surface area is 143 Å². The van der Waals surface area contributed by atoms with Gasteiger partial charge in [-0.15, -0.1) is 0 Å². The van der Waals surface area contributed by atoms with Crippen molar-refractivity contribution in [1.29, 1.82) is 0 Å². The van der Waals surface area contributed by atoms with Crippen molar-refractivity contribution in [1.82, 2.24) is 20.5 Å². The second-order valence-corrected chi connectivity index (χ2v) is 5.77. The van der Waals surface area contributed by atoms with Crippen LogP contribution < -0.4 is 10.6 Å². The van der Waals surface area contributed by atoms with Crippen molar-refractivity contribution in [3.63, 3.8) is 0 Å². The van der Waals surface area contributed by atoms with Crippen LogP contribution in [0.3, 0.4) is 0 Å². The van der Waals surface area contributed by atoms with Crippen LogP contribution in [0.2, 0.25) is 5.15 Å². The van der Waals surface area contributed by atoms with Gasteiger partial charge in [-0.3, -0.25) is 9.89 Å². The average Bonchev–Trinajstić information content (AvgIpc) is 2.58. The van der Waals surface area contributed by atoms with Gasteiger partial charge in [-0.1, -0.05) is 17.7 Å². The number of morpholine rings is 1. The average molecular weight is 340 g/mol. The summed E-state index contributed by atoms with van der Waals surface area (Å²) in [5.41, 5.74) is 1.16. The van der Waals surface area contributed by atoms with E-state index < -0.39 is 0 Å². The number of nitrogens with one attached hydrogen (secondary N) is 2. The minimum absolute atomic E-state index is 0.528. The van der Waals surface area contributed by atoms with Gasteiger partial charge in [0.1, 0.15) is 5.15 Å². The fourth-order valence-corrected chi connectivity index (χ4v) is 2.46. The van der Waals surface area contributed by atoms with Crippen molar-refractivity contribution < 1.29 is 4.74 Å². The zero-order valence-corrected chi connectivity index (χ0v) is 14.5. The molecule has 0 bridgehead atoms.